The normalized spacial score (nSPS) is 21.8. The molecule has 3 rings (SSSR count). The summed E-state index contributed by atoms with van der Waals surface area (Å²) in [4.78, 5) is 20.6. The van der Waals surface area contributed by atoms with E-state index < -0.39 is 9.84 Å². The van der Waals surface area contributed by atoms with Gasteiger partial charge in [-0.1, -0.05) is 12.1 Å². The van der Waals surface area contributed by atoms with Gasteiger partial charge in [-0.2, -0.15) is 0 Å². The highest BCUT2D eigenvalue weighted by atomic mass is 32.2. The Labute approximate surface area is 171 Å². The fourth-order valence-electron chi connectivity index (χ4n) is 3.72. The molecule has 2 heterocycles. The van der Waals surface area contributed by atoms with Crippen LogP contribution in [0.25, 0.3) is 0 Å². The molecule has 2 aliphatic rings. The van der Waals surface area contributed by atoms with E-state index in [-0.39, 0.29) is 35.6 Å². The van der Waals surface area contributed by atoms with Crippen molar-refractivity contribution in [3.8, 4) is 5.75 Å². The number of hydrogen-bond donors (Lipinski definition) is 3. The average Bonchev–Trinajstić information content (AvgIpc) is 3.04. The summed E-state index contributed by atoms with van der Waals surface area (Å²) in [7, 11) is -1.29. The lowest BCUT2D eigenvalue weighted by Crippen LogP contribution is -2.53. The minimum Gasteiger partial charge on any atom is -0.506 e. The summed E-state index contributed by atoms with van der Waals surface area (Å²) >= 11 is 0. The van der Waals surface area contributed by atoms with Gasteiger partial charge in [0.25, 0.3) is 0 Å². The van der Waals surface area contributed by atoms with Gasteiger partial charge in [0.15, 0.2) is 15.8 Å². The number of para-hydroxylation sites is 2. The Balaban J connectivity index is 1.41. The van der Waals surface area contributed by atoms with Gasteiger partial charge in [0, 0.05) is 52.2 Å². The summed E-state index contributed by atoms with van der Waals surface area (Å²) in [5, 5.41) is 16.0. The summed E-state index contributed by atoms with van der Waals surface area (Å²) in [5.74, 6) is 1.05. The third-order valence-corrected chi connectivity index (χ3v) is 7.01. The van der Waals surface area contributed by atoms with Crippen molar-refractivity contribution in [2.75, 3.05) is 56.2 Å². The van der Waals surface area contributed by atoms with Crippen molar-refractivity contribution in [1.29, 1.82) is 0 Å². The van der Waals surface area contributed by atoms with Crippen molar-refractivity contribution in [2.45, 2.75) is 18.9 Å². The van der Waals surface area contributed by atoms with E-state index in [4.69, 9.17) is 0 Å². The number of nitrogens with zero attached hydrogens (tertiary/aromatic N) is 3. The van der Waals surface area contributed by atoms with Gasteiger partial charge in [0.05, 0.1) is 17.2 Å². The number of hydrogen-bond acceptors (Lipinski definition) is 6. The summed E-state index contributed by atoms with van der Waals surface area (Å²) in [6.45, 7) is 3.45. The topological polar surface area (TPSA) is 114 Å². The maximum atomic E-state index is 12.1. The number of guanidine groups is 1. The van der Waals surface area contributed by atoms with E-state index in [1.54, 1.807) is 13.1 Å². The Kier molecular flexibility index (Phi) is 6.83. The minimum absolute atomic E-state index is 0.0368. The van der Waals surface area contributed by atoms with Crippen LogP contribution >= 0.6 is 0 Å². The maximum Gasteiger partial charge on any atom is 0.222 e. The number of benzene rings is 1. The van der Waals surface area contributed by atoms with E-state index >= 15 is 0 Å². The van der Waals surface area contributed by atoms with Crippen LogP contribution in [-0.2, 0) is 14.6 Å². The lowest BCUT2D eigenvalue weighted by Gasteiger charge is -2.37. The zero-order chi connectivity index (χ0) is 20.9. The van der Waals surface area contributed by atoms with Crippen molar-refractivity contribution < 1.29 is 18.3 Å². The largest absolute Gasteiger partial charge is 0.506 e. The number of sulfone groups is 1. The van der Waals surface area contributed by atoms with Crippen LogP contribution in [0.3, 0.4) is 0 Å². The highest BCUT2D eigenvalue weighted by Gasteiger charge is 2.28. The molecule has 1 amide bonds. The number of carbonyl (C=O) groups is 1. The molecule has 9 nitrogen and oxygen atoms in total. The van der Waals surface area contributed by atoms with Crippen LogP contribution in [0.15, 0.2) is 29.3 Å². The SMILES string of the molecule is CN=C(NCCC(=O)NC1CCS(=O)(=O)C1)N1CCN(c2ccccc2O)CC1. The Hall–Kier alpha value is -2.49. The third-order valence-electron chi connectivity index (χ3n) is 5.25. The molecule has 1 aromatic carbocycles. The number of aromatic hydroxyl groups is 1. The maximum absolute atomic E-state index is 12.1. The molecule has 0 bridgehead atoms. The molecule has 0 saturated carbocycles. The second kappa shape index (κ2) is 9.34. The van der Waals surface area contributed by atoms with Crippen LogP contribution in [-0.4, -0.2) is 87.6 Å². The van der Waals surface area contributed by atoms with Gasteiger partial charge in [-0.05, 0) is 18.6 Å². The monoisotopic (exact) mass is 423 g/mol. The first-order valence-corrected chi connectivity index (χ1v) is 11.7. The number of amides is 1. The van der Waals surface area contributed by atoms with Crippen LogP contribution in [0.1, 0.15) is 12.8 Å². The fourth-order valence-corrected chi connectivity index (χ4v) is 5.39. The van der Waals surface area contributed by atoms with Gasteiger partial charge in [-0.3, -0.25) is 9.79 Å². The molecule has 160 valence electrons. The summed E-state index contributed by atoms with van der Waals surface area (Å²) < 4.78 is 22.9. The Morgan fingerprint density at radius 3 is 2.59 bits per heavy atom. The van der Waals surface area contributed by atoms with Gasteiger partial charge in [-0.15, -0.1) is 0 Å². The average molecular weight is 424 g/mol. The van der Waals surface area contributed by atoms with Crippen LogP contribution in [0.5, 0.6) is 5.75 Å². The van der Waals surface area contributed by atoms with E-state index in [0.717, 1.165) is 37.8 Å². The van der Waals surface area contributed by atoms with Gasteiger partial charge < -0.3 is 25.5 Å². The molecule has 0 aromatic heterocycles. The first kappa shape index (κ1) is 21.2. The van der Waals surface area contributed by atoms with Crippen LogP contribution < -0.4 is 15.5 Å². The molecule has 3 N–H and O–H groups in total. The van der Waals surface area contributed by atoms with Crippen molar-refractivity contribution in [3.63, 3.8) is 0 Å². The number of nitrogens with one attached hydrogen (secondary N) is 2. The predicted molar refractivity (Wildman–Crippen MR) is 113 cm³/mol. The van der Waals surface area contributed by atoms with Crippen LogP contribution in [0.4, 0.5) is 5.69 Å². The Bertz CT molecular complexity index is 850. The first-order valence-electron chi connectivity index (χ1n) is 9.86. The Morgan fingerprint density at radius 2 is 1.97 bits per heavy atom. The molecular weight excluding hydrogens is 394 g/mol. The van der Waals surface area contributed by atoms with E-state index in [9.17, 15) is 18.3 Å². The van der Waals surface area contributed by atoms with E-state index in [0.29, 0.717) is 13.0 Å². The molecule has 1 atom stereocenters. The summed E-state index contributed by atoms with van der Waals surface area (Å²) in [6, 6.07) is 7.05. The quantitative estimate of drug-likeness (QED) is 0.443. The molecular formula is C19H29N5O4S. The molecule has 2 fully saturated rings. The lowest BCUT2D eigenvalue weighted by atomic mass is 10.2. The lowest BCUT2D eigenvalue weighted by molar-refractivity contribution is -0.121. The number of phenols is 1. The van der Waals surface area contributed by atoms with Gasteiger partial charge >= 0.3 is 0 Å². The highest BCUT2D eigenvalue weighted by molar-refractivity contribution is 7.91. The van der Waals surface area contributed by atoms with Gasteiger partial charge in [0.1, 0.15) is 5.75 Å². The van der Waals surface area contributed by atoms with Gasteiger partial charge in [0.2, 0.25) is 5.91 Å². The zero-order valence-corrected chi connectivity index (χ0v) is 17.5. The molecule has 1 unspecified atom stereocenters. The van der Waals surface area contributed by atoms with Crippen molar-refractivity contribution >= 4 is 27.4 Å². The number of anilines is 1. The van der Waals surface area contributed by atoms with E-state index in [2.05, 4.69) is 25.4 Å². The number of phenolic OH excluding ortho intramolecular Hbond substituents is 1. The standard InChI is InChI=1S/C19H29N5O4S/c1-20-19(21-8-6-18(26)22-15-7-13-29(27,28)14-15)24-11-9-23(10-12-24)16-4-2-3-5-17(16)25/h2-5,15,25H,6-14H2,1H3,(H,20,21)(H,22,26). The second-order valence-corrected chi connectivity index (χ2v) is 9.58. The summed E-state index contributed by atoms with van der Waals surface area (Å²) in [6.07, 6.45) is 0.748. The Morgan fingerprint density at radius 1 is 1.24 bits per heavy atom. The van der Waals surface area contributed by atoms with Crippen molar-refractivity contribution in [1.82, 2.24) is 15.5 Å². The number of aliphatic imine (C=N–C) groups is 1. The fraction of sp³-hybridized carbons (Fsp3) is 0.579. The number of piperazine rings is 1. The molecule has 0 aliphatic carbocycles. The van der Waals surface area contributed by atoms with Gasteiger partial charge in [-0.25, -0.2) is 8.42 Å². The number of carbonyl (C=O) groups excluding carboxylic acids is 1. The van der Waals surface area contributed by atoms with E-state index in [1.807, 2.05) is 18.2 Å². The molecule has 0 spiro atoms. The molecule has 2 saturated heterocycles. The molecule has 1 aromatic rings. The first-order chi connectivity index (χ1) is 13.9. The number of rotatable bonds is 5. The second-order valence-electron chi connectivity index (χ2n) is 7.35. The zero-order valence-electron chi connectivity index (χ0n) is 16.7. The molecule has 0 radical (unpaired) electrons. The molecule has 2 aliphatic heterocycles. The predicted octanol–water partition coefficient (Wildman–Crippen LogP) is -0.217. The van der Waals surface area contributed by atoms with Crippen LogP contribution in [0, 0.1) is 0 Å². The van der Waals surface area contributed by atoms with Crippen molar-refractivity contribution in [3.05, 3.63) is 24.3 Å². The molecule has 29 heavy (non-hydrogen) atoms. The smallest absolute Gasteiger partial charge is 0.222 e. The highest BCUT2D eigenvalue weighted by Crippen LogP contribution is 2.27. The van der Waals surface area contributed by atoms with Crippen molar-refractivity contribution in [2.24, 2.45) is 4.99 Å². The minimum atomic E-state index is -3.00. The van der Waals surface area contributed by atoms with Crippen LogP contribution in [0.2, 0.25) is 0 Å². The molecule has 10 heteroatoms. The summed E-state index contributed by atoms with van der Waals surface area (Å²) in [5.41, 5.74) is 0.834. The third kappa shape index (κ3) is 5.75. The van der Waals surface area contributed by atoms with E-state index in [1.165, 1.54) is 0 Å².